The summed E-state index contributed by atoms with van der Waals surface area (Å²) < 4.78 is 7.01. The van der Waals surface area contributed by atoms with Crippen LogP contribution in [0.4, 0.5) is 0 Å². The summed E-state index contributed by atoms with van der Waals surface area (Å²) in [6, 6.07) is 16.8. The fourth-order valence-electron chi connectivity index (χ4n) is 2.99. The molecule has 0 amide bonds. The highest BCUT2D eigenvalue weighted by molar-refractivity contribution is 5.80. The van der Waals surface area contributed by atoms with Gasteiger partial charge >= 0.3 is 6.01 Å². The van der Waals surface area contributed by atoms with Crippen LogP contribution in [0, 0.1) is 0 Å². The molecular weight excluding hydrogens is 342 g/mol. The standard InChI is InChI=1S/C19H19N7O/c1-3-17-20-19(27-2)23-26(17)12-13-8-10-14(11-9-13)15-6-4-5-7-16(15)18-21-24-25-22-18/h4-11H,3,12H2,1-2H3,(H,21,22,24,25). The minimum absolute atomic E-state index is 0.400. The highest BCUT2D eigenvalue weighted by Crippen LogP contribution is 2.29. The first-order valence-corrected chi connectivity index (χ1v) is 8.68. The zero-order chi connectivity index (χ0) is 18.6. The molecular formula is C19H19N7O. The zero-order valence-corrected chi connectivity index (χ0v) is 15.1. The van der Waals surface area contributed by atoms with E-state index in [0.29, 0.717) is 18.4 Å². The molecule has 0 spiro atoms. The van der Waals surface area contributed by atoms with Crippen molar-refractivity contribution in [3.8, 4) is 28.5 Å². The number of hydrogen-bond acceptors (Lipinski definition) is 6. The van der Waals surface area contributed by atoms with E-state index in [9.17, 15) is 0 Å². The van der Waals surface area contributed by atoms with E-state index in [2.05, 4.69) is 68.0 Å². The lowest BCUT2D eigenvalue weighted by molar-refractivity contribution is 0.377. The van der Waals surface area contributed by atoms with Gasteiger partial charge in [-0.25, -0.2) is 4.68 Å². The van der Waals surface area contributed by atoms with E-state index in [4.69, 9.17) is 4.74 Å². The zero-order valence-electron chi connectivity index (χ0n) is 15.1. The van der Waals surface area contributed by atoms with Crippen molar-refractivity contribution >= 4 is 0 Å². The van der Waals surface area contributed by atoms with Crippen LogP contribution in [-0.4, -0.2) is 42.5 Å². The van der Waals surface area contributed by atoms with E-state index in [0.717, 1.165) is 34.5 Å². The first kappa shape index (κ1) is 16.9. The van der Waals surface area contributed by atoms with Crippen LogP contribution in [0.3, 0.4) is 0 Å². The van der Waals surface area contributed by atoms with Crippen molar-refractivity contribution in [2.45, 2.75) is 19.9 Å². The monoisotopic (exact) mass is 361 g/mol. The number of aromatic amines is 1. The quantitative estimate of drug-likeness (QED) is 0.567. The average Bonchev–Trinajstić information content (AvgIpc) is 3.38. The topological polar surface area (TPSA) is 94.4 Å². The number of aromatic nitrogens is 7. The number of methoxy groups -OCH3 is 1. The summed E-state index contributed by atoms with van der Waals surface area (Å²) in [5.41, 5.74) is 4.22. The van der Waals surface area contributed by atoms with Gasteiger partial charge in [-0.3, -0.25) is 0 Å². The number of tetrazole rings is 1. The predicted molar refractivity (Wildman–Crippen MR) is 100 cm³/mol. The maximum absolute atomic E-state index is 5.14. The molecule has 4 aromatic rings. The molecule has 1 N–H and O–H groups in total. The molecule has 4 rings (SSSR count). The second kappa shape index (κ2) is 7.36. The molecule has 8 heteroatoms. The van der Waals surface area contributed by atoms with Gasteiger partial charge in [-0.05, 0) is 21.9 Å². The van der Waals surface area contributed by atoms with Gasteiger partial charge in [0.05, 0.1) is 13.7 Å². The number of rotatable bonds is 6. The Bertz CT molecular complexity index is 1020. The van der Waals surface area contributed by atoms with Crippen molar-refractivity contribution in [1.29, 1.82) is 0 Å². The van der Waals surface area contributed by atoms with E-state index < -0.39 is 0 Å². The third kappa shape index (κ3) is 3.41. The highest BCUT2D eigenvalue weighted by Gasteiger charge is 2.12. The van der Waals surface area contributed by atoms with Gasteiger partial charge in [0.25, 0.3) is 0 Å². The van der Waals surface area contributed by atoms with Crippen molar-refractivity contribution in [2.24, 2.45) is 0 Å². The fraction of sp³-hybridized carbons (Fsp3) is 0.211. The van der Waals surface area contributed by atoms with Crippen LogP contribution >= 0.6 is 0 Å². The van der Waals surface area contributed by atoms with Crippen molar-refractivity contribution in [1.82, 2.24) is 35.4 Å². The van der Waals surface area contributed by atoms with Gasteiger partial charge in [0, 0.05) is 12.0 Å². The van der Waals surface area contributed by atoms with Crippen LogP contribution < -0.4 is 4.74 Å². The van der Waals surface area contributed by atoms with Gasteiger partial charge in [-0.2, -0.15) is 10.2 Å². The van der Waals surface area contributed by atoms with Gasteiger partial charge in [-0.1, -0.05) is 55.5 Å². The summed E-state index contributed by atoms with van der Waals surface area (Å²) in [5, 5.41) is 18.7. The molecule has 0 fully saturated rings. The highest BCUT2D eigenvalue weighted by atomic mass is 16.5. The van der Waals surface area contributed by atoms with Crippen LogP contribution in [0.1, 0.15) is 18.3 Å². The number of nitrogens with one attached hydrogen (secondary N) is 1. The maximum atomic E-state index is 5.14. The molecule has 2 aromatic carbocycles. The van der Waals surface area contributed by atoms with Gasteiger partial charge in [-0.15, -0.1) is 15.3 Å². The molecule has 0 saturated carbocycles. The molecule has 2 aromatic heterocycles. The second-order valence-electron chi connectivity index (χ2n) is 6.00. The number of benzene rings is 2. The molecule has 0 radical (unpaired) electrons. The van der Waals surface area contributed by atoms with E-state index in [-0.39, 0.29) is 0 Å². The lowest BCUT2D eigenvalue weighted by Gasteiger charge is -2.09. The molecule has 0 atom stereocenters. The molecule has 136 valence electrons. The summed E-state index contributed by atoms with van der Waals surface area (Å²) in [4.78, 5) is 4.36. The van der Waals surface area contributed by atoms with Crippen molar-refractivity contribution < 1.29 is 4.74 Å². The summed E-state index contributed by atoms with van der Waals surface area (Å²) in [6.07, 6.45) is 0.798. The van der Waals surface area contributed by atoms with E-state index in [1.807, 2.05) is 22.9 Å². The van der Waals surface area contributed by atoms with Gasteiger partial charge in [0.1, 0.15) is 5.82 Å². The SMILES string of the molecule is CCc1nc(OC)nn1Cc1ccc(-c2ccccc2-c2nn[nH]n2)cc1. The Labute approximate surface area is 156 Å². The lowest BCUT2D eigenvalue weighted by atomic mass is 9.98. The van der Waals surface area contributed by atoms with Crippen LogP contribution in [0.5, 0.6) is 6.01 Å². The molecule has 0 aliphatic rings. The number of hydrogen-bond donors (Lipinski definition) is 1. The second-order valence-corrected chi connectivity index (χ2v) is 6.00. The molecule has 8 nitrogen and oxygen atoms in total. The van der Waals surface area contributed by atoms with Crippen LogP contribution in [0.2, 0.25) is 0 Å². The van der Waals surface area contributed by atoms with Gasteiger partial charge < -0.3 is 4.74 Å². The Hall–Kier alpha value is -3.55. The minimum Gasteiger partial charge on any atom is -0.466 e. The Balaban J connectivity index is 1.61. The smallest absolute Gasteiger partial charge is 0.335 e. The largest absolute Gasteiger partial charge is 0.466 e. The molecule has 2 heterocycles. The lowest BCUT2D eigenvalue weighted by Crippen LogP contribution is -2.06. The van der Waals surface area contributed by atoms with E-state index in [1.165, 1.54) is 0 Å². The van der Waals surface area contributed by atoms with E-state index >= 15 is 0 Å². The summed E-state index contributed by atoms with van der Waals surface area (Å²) in [7, 11) is 1.58. The molecule has 0 bridgehead atoms. The summed E-state index contributed by atoms with van der Waals surface area (Å²) in [6.45, 7) is 2.70. The molecule has 0 saturated heterocycles. The van der Waals surface area contributed by atoms with Crippen molar-refractivity contribution in [2.75, 3.05) is 7.11 Å². The van der Waals surface area contributed by atoms with Gasteiger partial charge in [0.2, 0.25) is 5.82 Å². The molecule has 27 heavy (non-hydrogen) atoms. The first-order valence-electron chi connectivity index (χ1n) is 8.68. The summed E-state index contributed by atoms with van der Waals surface area (Å²) in [5.74, 6) is 1.48. The number of aryl methyl sites for hydroxylation is 1. The van der Waals surface area contributed by atoms with Crippen LogP contribution in [0.15, 0.2) is 48.5 Å². The van der Waals surface area contributed by atoms with Crippen LogP contribution in [-0.2, 0) is 13.0 Å². The Kier molecular flexibility index (Phi) is 4.61. The third-order valence-electron chi connectivity index (χ3n) is 4.34. The number of ether oxygens (including phenoxy) is 1. The predicted octanol–water partition coefficient (Wildman–Crippen LogP) is 2.74. The molecule has 0 unspecified atom stereocenters. The Morgan fingerprint density at radius 3 is 2.48 bits per heavy atom. The Morgan fingerprint density at radius 2 is 1.81 bits per heavy atom. The third-order valence-corrected chi connectivity index (χ3v) is 4.34. The van der Waals surface area contributed by atoms with E-state index in [1.54, 1.807) is 7.11 Å². The number of H-pyrrole nitrogens is 1. The minimum atomic E-state index is 0.400. The fourth-order valence-corrected chi connectivity index (χ4v) is 2.99. The number of nitrogens with zero attached hydrogens (tertiary/aromatic N) is 6. The normalized spacial score (nSPS) is 10.9. The van der Waals surface area contributed by atoms with Gasteiger partial charge in [0.15, 0.2) is 0 Å². The molecule has 0 aliphatic heterocycles. The van der Waals surface area contributed by atoms with Crippen molar-refractivity contribution in [3.63, 3.8) is 0 Å². The maximum Gasteiger partial charge on any atom is 0.335 e. The first-order chi connectivity index (χ1) is 13.3. The Morgan fingerprint density at radius 1 is 1.04 bits per heavy atom. The summed E-state index contributed by atoms with van der Waals surface area (Å²) >= 11 is 0. The van der Waals surface area contributed by atoms with Crippen LogP contribution in [0.25, 0.3) is 22.5 Å². The average molecular weight is 361 g/mol. The van der Waals surface area contributed by atoms with Crippen molar-refractivity contribution in [3.05, 3.63) is 59.9 Å². The molecule has 0 aliphatic carbocycles.